The third-order valence-corrected chi connectivity index (χ3v) is 3.38. The lowest BCUT2D eigenvalue weighted by atomic mass is 10.0. The van der Waals surface area contributed by atoms with Crippen LogP contribution in [0.4, 0.5) is 0 Å². The van der Waals surface area contributed by atoms with E-state index in [1.165, 1.54) is 5.39 Å². The lowest BCUT2D eigenvalue weighted by Crippen LogP contribution is -2.17. The molecule has 0 radical (unpaired) electrons. The standard InChI is InChI=1S/C15H16N4/c1-19-9-8-17-14(19)10-13(16)15-12-5-3-2-4-11(12)6-7-18-15/h2-9,13H,10,16H2,1H3. The van der Waals surface area contributed by atoms with Gasteiger partial charge in [0, 0.05) is 37.4 Å². The van der Waals surface area contributed by atoms with Gasteiger partial charge < -0.3 is 10.3 Å². The third-order valence-electron chi connectivity index (χ3n) is 3.38. The highest BCUT2D eigenvalue weighted by atomic mass is 15.0. The van der Waals surface area contributed by atoms with E-state index < -0.39 is 0 Å². The van der Waals surface area contributed by atoms with Crippen LogP contribution in [0.1, 0.15) is 17.6 Å². The average molecular weight is 252 g/mol. The largest absolute Gasteiger partial charge is 0.338 e. The topological polar surface area (TPSA) is 56.7 Å². The predicted molar refractivity (Wildman–Crippen MR) is 75.6 cm³/mol. The molecule has 1 aromatic carbocycles. The number of fused-ring (bicyclic) bond motifs is 1. The number of pyridine rings is 1. The number of aromatic nitrogens is 3. The van der Waals surface area contributed by atoms with E-state index in [4.69, 9.17) is 5.73 Å². The van der Waals surface area contributed by atoms with Crippen LogP contribution in [-0.2, 0) is 13.5 Å². The van der Waals surface area contributed by atoms with Crippen LogP contribution in [-0.4, -0.2) is 14.5 Å². The molecule has 4 nitrogen and oxygen atoms in total. The van der Waals surface area contributed by atoms with Gasteiger partial charge in [-0.3, -0.25) is 4.98 Å². The molecule has 0 saturated heterocycles. The van der Waals surface area contributed by atoms with Crippen molar-refractivity contribution >= 4 is 10.8 Å². The second-order valence-electron chi connectivity index (χ2n) is 4.68. The van der Waals surface area contributed by atoms with Gasteiger partial charge in [-0.2, -0.15) is 0 Å². The van der Waals surface area contributed by atoms with Crippen LogP contribution in [0.2, 0.25) is 0 Å². The summed E-state index contributed by atoms with van der Waals surface area (Å²) in [6, 6.07) is 10.0. The van der Waals surface area contributed by atoms with Crippen LogP contribution < -0.4 is 5.73 Å². The van der Waals surface area contributed by atoms with Gasteiger partial charge in [-0.1, -0.05) is 24.3 Å². The van der Waals surface area contributed by atoms with E-state index in [0.717, 1.165) is 16.9 Å². The molecule has 0 bridgehead atoms. The summed E-state index contributed by atoms with van der Waals surface area (Å²) in [4.78, 5) is 8.77. The first kappa shape index (κ1) is 11.9. The normalized spacial score (nSPS) is 12.7. The molecule has 0 aliphatic carbocycles. The smallest absolute Gasteiger partial charge is 0.110 e. The van der Waals surface area contributed by atoms with Crippen LogP contribution in [0.15, 0.2) is 48.9 Å². The molecule has 96 valence electrons. The van der Waals surface area contributed by atoms with Crippen LogP contribution in [0.3, 0.4) is 0 Å². The van der Waals surface area contributed by atoms with Crippen LogP contribution >= 0.6 is 0 Å². The van der Waals surface area contributed by atoms with E-state index in [2.05, 4.69) is 22.1 Å². The summed E-state index contributed by atoms with van der Waals surface area (Å²) in [5.41, 5.74) is 7.24. The number of rotatable bonds is 3. The summed E-state index contributed by atoms with van der Waals surface area (Å²) in [6.07, 6.45) is 6.22. The van der Waals surface area contributed by atoms with Crippen molar-refractivity contribution in [2.45, 2.75) is 12.5 Å². The number of benzene rings is 1. The highest BCUT2D eigenvalue weighted by Crippen LogP contribution is 2.22. The fourth-order valence-corrected chi connectivity index (χ4v) is 2.33. The van der Waals surface area contributed by atoms with Gasteiger partial charge >= 0.3 is 0 Å². The van der Waals surface area contributed by atoms with E-state index in [1.807, 2.05) is 42.2 Å². The van der Waals surface area contributed by atoms with E-state index in [0.29, 0.717) is 6.42 Å². The minimum atomic E-state index is -0.146. The van der Waals surface area contributed by atoms with Gasteiger partial charge in [-0.05, 0) is 11.5 Å². The molecule has 1 unspecified atom stereocenters. The Morgan fingerprint density at radius 2 is 2.00 bits per heavy atom. The molecule has 0 amide bonds. The monoisotopic (exact) mass is 252 g/mol. The number of aryl methyl sites for hydroxylation is 1. The van der Waals surface area contributed by atoms with E-state index in [-0.39, 0.29) is 6.04 Å². The number of hydrogen-bond donors (Lipinski definition) is 1. The maximum atomic E-state index is 6.31. The van der Waals surface area contributed by atoms with Crippen molar-refractivity contribution < 1.29 is 0 Å². The van der Waals surface area contributed by atoms with Crippen molar-refractivity contribution in [2.75, 3.05) is 0 Å². The van der Waals surface area contributed by atoms with Gasteiger partial charge in [-0.25, -0.2) is 4.98 Å². The molecule has 0 aliphatic heterocycles. The van der Waals surface area contributed by atoms with Crippen molar-refractivity contribution in [3.8, 4) is 0 Å². The fraction of sp³-hybridized carbons (Fsp3) is 0.200. The summed E-state index contributed by atoms with van der Waals surface area (Å²) < 4.78 is 1.99. The van der Waals surface area contributed by atoms with Gasteiger partial charge in [0.2, 0.25) is 0 Å². The van der Waals surface area contributed by atoms with Gasteiger partial charge in [0.1, 0.15) is 5.82 Å². The first-order valence-corrected chi connectivity index (χ1v) is 6.31. The van der Waals surface area contributed by atoms with Crippen LogP contribution in [0.25, 0.3) is 10.8 Å². The number of hydrogen-bond acceptors (Lipinski definition) is 3. The summed E-state index contributed by atoms with van der Waals surface area (Å²) in [7, 11) is 1.98. The molecule has 3 rings (SSSR count). The molecule has 4 heteroatoms. The Morgan fingerprint density at radius 1 is 1.16 bits per heavy atom. The number of nitrogens with zero attached hydrogens (tertiary/aromatic N) is 3. The van der Waals surface area contributed by atoms with Crippen LogP contribution in [0, 0.1) is 0 Å². The Labute approximate surface area is 111 Å². The number of nitrogens with two attached hydrogens (primary N) is 1. The Morgan fingerprint density at radius 3 is 2.79 bits per heavy atom. The van der Waals surface area contributed by atoms with Crippen molar-refractivity contribution in [3.05, 3.63) is 60.4 Å². The SMILES string of the molecule is Cn1ccnc1CC(N)c1nccc2ccccc12. The summed E-state index contributed by atoms with van der Waals surface area (Å²) >= 11 is 0. The first-order valence-electron chi connectivity index (χ1n) is 6.31. The highest BCUT2D eigenvalue weighted by molar-refractivity contribution is 5.84. The Kier molecular flexibility index (Phi) is 3.01. The van der Waals surface area contributed by atoms with Crippen molar-refractivity contribution in [2.24, 2.45) is 12.8 Å². The quantitative estimate of drug-likeness (QED) is 0.777. The molecule has 0 aliphatic rings. The first-order chi connectivity index (χ1) is 9.25. The molecule has 2 heterocycles. The van der Waals surface area contributed by atoms with Gasteiger partial charge in [0.05, 0.1) is 11.7 Å². The zero-order chi connectivity index (χ0) is 13.2. The van der Waals surface area contributed by atoms with E-state index >= 15 is 0 Å². The van der Waals surface area contributed by atoms with Gasteiger partial charge in [-0.15, -0.1) is 0 Å². The van der Waals surface area contributed by atoms with E-state index in [1.54, 1.807) is 6.20 Å². The Balaban J connectivity index is 1.98. The summed E-state index contributed by atoms with van der Waals surface area (Å²) in [6.45, 7) is 0. The molecule has 0 saturated carbocycles. The summed E-state index contributed by atoms with van der Waals surface area (Å²) in [5.74, 6) is 0.974. The second kappa shape index (κ2) is 4.82. The minimum Gasteiger partial charge on any atom is -0.338 e. The highest BCUT2D eigenvalue weighted by Gasteiger charge is 2.14. The molecule has 0 spiro atoms. The molecule has 0 fully saturated rings. The predicted octanol–water partition coefficient (Wildman–Crippen LogP) is 2.21. The second-order valence-corrected chi connectivity index (χ2v) is 4.68. The average Bonchev–Trinajstić information content (AvgIpc) is 2.83. The molecular weight excluding hydrogens is 236 g/mol. The molecule has 3 aromatic rings. The van der Waals surface area contributed by atoms with E-state index in [9.17, 15) is 0 Å². The van der Waals surface area contributed by atoms with Gasteiger partial charge in [0.15, 0.2) is 0 Å². The molecule has 2 aromatic heterocycles. The lowest BCUT2D eigenvalue weighted by molar-refractivity contribution is 0.648. The third kappa shape index (κ3) is 2.22. The zero-order valence-electron chi connectivity index (χ0n) is 10.8. The van der Waals surface area contributed by atoms with Gasteiger partial charge in [0.25, 0.3) is 0 Å². The van der Waals surface area contributed by atoms with Crippen LogP contribution in [0.5, 0.6) is 0 Å². The molecule has 1 atom stereocenters. The summed E-state index contributed by atoms with van der Waals surface area (Å²) in [5, 5.41) is 2.29. The maximum Gasteiger partial charge on any atom is 0.110 e. The molecule has 19 heavy (non-hydrogen) atoms. The Bertz CT molecular complexity index is 697. The fourth-order valence-electron chi connectivity index (χ4n) is 2.33. The lowest BCUT2D eigenvalue weighted by Gasteiger charge is -2.13. The van der Waals surface area contributed by atoms with Crippen molar-refractivity contribution in [3.63, 3.8) is 0 Å². The van der Waals surface area contributed by atoms with Crippen molar-refractivity contribution in [1.29, 1.82) is 0 Å². The molecule has 2 N–H and O–H groups in total. The molecular formula is C15H16N4. The maximum absolute atomic E-state index is 6.31. The van der Waals surface area contributed by atoms with Crippen molar-refractivity contribution in [1.82, 2.24) is 14.5 Å². The number of imidazole rings is 1. The minimum absolute atomic E-state index is 0.146. The Hall–Kier alpha value is -2.20. The zero-order valence-corrected chi connectivity index (χ0v) is 10.8.